The van der Waals surface area contributed by atoms with Crippen molar-refractivity contribution in [1.29, 1.82) is 10.5 Å². The van der Waals surface area contributed by atoms with E-state index in [9.17, 15) is 10.1 Å². The molecule has 19 heavy (non-hydrogen) atoms. The van der Waals surface area contributed by atoms with Crippen LogP contribution in [0.25, 0.3) is 0 Å². The molecule has 0 amide bonds. The number of nitrogens with zero attached hydrogens (tertiary/aromatic N) is 4. The Bertz CT molecular complexity index is 632. The zero-order chi connectivity index (χ0) is 14.4. The number of benzene rings is 1. The van der Waals surface area contributed by atoms with Gasteiger partial charge in [-0.15, -0.1) is 0 Å². The van der Waals surface area contributed by atoms with Crippen LogP contribution in [0.1, 0.15) is 5.56 Å². The number of halogens is 1. The third kappa shape index (κ3) is 3.58. The Balaban J connectivity index is 3.41. The van der Waals surface area contributed by atoms with E-state index in [-0.39, 0.29) is 27.1 Å². The molecule has 7 nitrogen and oxygen atoms in total. The van der Waals surface area contributed by atoms with Gasteiger partial charge in [0.2, 0.25) is 0 Å². The molecule has 0 atom stereocenters. The van der Waals surface area contributed by atoms with E-state index in [0.717, 1.165) is 23.9 Å². The Morgan fingerprint density at radius 2 is 2.26 bits per heavy atom. The van der Waals surface area contributed by atoms with E-state index in [0.29, 0.717) is 0 Å². The van der Waals surface area contributed by atoms with Gasteiger partial charge in [-0.05, 0) is 6.26 Å². The van der Waals surface area contributed by atoms with Crippen LogP contribution in [0.15, 0.2) is 17.1 Å². The lowest BCUT2D eigenvalue weighted by Crippen LogP contribution is -2.12. The van der Waals surface area contributed by atoms with Gasteiger partial charge in [0, 0.05) is 12.1 Å². The van der Waals surface area contributed by atoms with E-state index < -0.39 is 4.92 Å². The van der Waals surface area contributed by atoms with Crippen LogP contribution in [0, 0.1) is 32.9 Å². The average Bonchev–Trinajstić information content (AvgIpc) is 2.39. The third-order valence-electron chi connectivity index (χ3n) is 1.95. The highest BCUT2D eigenvalue weighted by Crippen LogP contribution is 2.33. The topological polar surface area (TPSA) is 115 Å². The van der Waals surface area contributed by atoms with Crippen LogP contribution in [-0.2, 0) is 0 Å². The van der Waals surface area contributed by atoms with Gasteiger partial charge in [0.25, 0.3) is 5.69 Å². The monoisotopic (exact) mass is 295 g/mol. The van der Waals surface area contributed by atoms with E-state index >= 15 is 0 Å². The minimum absolute atomic E-state index is 0.0305. The van der Waals surface area contributed by atoms with Crippen molar-refractivity contribution in [3.63, 3.8) is 0 Å². The molecule has 0 saturated heterocycles. The number of nitrogens with one attached hydrogen (secondary N) is 1. The molecule has 9 heteroatoms. The second kappa shape index (κ2) is 6.59. The lowest BCUT2D eigenvalue weighted by Gasteiger charge is -2.04. The van der Waals surface area contributed by atoms with E-state index in [4.69, 9.17) is 22.1 Å². The molecule has 0 aromatic heterocycles. The molecular weight excluding hydrogens is 290 g/mol. The first-order valence-electron chi connectivity index (χ1n) is 4.69. The summed E-state index contributed by atoms with van der Waals surface area (Å²) in [5.74, 6) is 0. The van der Waals surface area contributed by atoms with E-state index in [1.165, 1.54) is 0 Å². The molecule has 0 bridgehead atoms. The van der Waals surface area contributed by atoms with Crippen LogP contribution in [-0.4, -0.2) is 16.3 Å². The van der Waals surface area contributed by atoms with Gasteiger partial charge in [0.15, 0.2) is 11.4 Å². The van der Waals surface area contributed by atoms with Gasteiger partial charge < -0.3 is 0 Å². The Morgan fingerprint density at radius 3 is 2.74 bits per heavy atom. The molecule has 0 aliphatic heterocycles. The summed E-state index contributed by atoms with van der Waals surface area (Å²) in [4.78, 5) is 14.0. The van der Waals surface area contributed by atoms with Crippen molar-refractivity contribution in [1.82, 2.24) is 5.32 Å². The van der Waals surface area contributed by atoms with Crippen molar-refractivity contribution in [3.8, 4) is 12.3 Å². The highest BCUT2D eigenvalue weighted by Gasteiger charge is 2.15. The molecule has 0 aliphatic carbocycles. The molecule has 1 N–H and O–H groups in total. The van der Waals surface area contributed by atoms with Crippen molar-refractivity contribution in [2.45, 2.75) is 0 Å². The predicted molar refractivity (Wildman–Crippen MR) is 72.2 cm³/mol. The second-order valence-electron chi connectivity index (χ2n) is 3.05. The number of amidine groups is 1. The summed E-state index contributed by atoms with van der Waals surface area (Å²) in [6, 6.07) is 3.97. The Labute approximate surface area is 117 Å². The summed E-state index contributed by atoms with van der Waals surface area (Å²) < 4.78 is 0. The fourth-order valence-electron chi connectivity index (χ4n) is 1.16. The SMILES string of the molecule is CSC(=Nc1c(Cl)cc([N+](=O)[O-])cc1C#N)NC#N. The maximum absolute atomic E-state index is 10.7. The van der Waals surface area contributed by atoms with Gasteiger partial charge in [-0.2, -0.15) is 10.5 Å². The Hall–Kier alpha value is -2.29. The maximum atomic E-state index is 10.7. The van der Waals surface area contributed by atoms with Crippen molar-refractivity contribution in [2.24, 2.45) is 4.99 Å². The Morgan fingerprint density at radius 1 is 1.58 bits per heavy atom. The van der Waals surface area contributed by atoms with E-state index in [1.54, 1.807) is 18.5 Å². The zero-order valence-corrected chi connectivity index (χ0v) is 11.1. The predicted octanol–water partition coefficient (Wildman–Crippen LogP) is 2.54. The zero-order valence-electron chi connectivity index (χ0n) is 9.55. The largest absolute Gasteiger partial charge is 0.272 e. The normalized spacial score (nSPS) is 10.4. The van der Waals surface area contributed by atoms with Crippen molar-refractivity contribution >= 4 is 39.9 Å². The number of hydrogen-bond acceptors (Lipinski definition) is 6. The summed E-state index contributed by atoms with van der Waals surface area (Å²) in [7, 11) is 0. The summed E-state index contributed by atoms with van der Waals surface area (Å²) >= 11 is 7.02. The van der Waals surface area contributed by atoms with Crippen LogP contribution in [0.2, 0.25) is 5.02 Å². The standard InChI is InChI=1S/C10H6ClN5O2S/c1-19-10(14-5-13)15-9-6(4-12)2-7(16(17)18)3-8(9)11/h2-3H,1H3,(H,14,15). The molecule has 1 rings (SSSR count). The number of hydrogen-bond donors (Lipinski definition) is 1. The highest BCUT2D eigenvalue weighted by atomic mass is 35.5. The highest BCUT2D eigenvalue weighted by molar-refractivity contribution is 8.13. The molecule has 96 valence electrons. The van der Waals surface area contributed by atoms with Crippen LogP contribution < -0.4 is 5.32 Å². The number of thioether (sulfide) groups is 1. The first-order valence-corrected chi connectivity index (χ1v) is 6.29. The fourth-order valence-corrected chi connectivity index (χ4v) is 1.75. The number of nitriles is 2. The lowest BCUT2D eigenvalue weighted by molar-refractivity contribution is -0.384. The second-order valence-corrected chi connectivity index (χ2v) is 4.25. The molecule has 0 unspecified atom stereocenters. The van der Waals surface area contributed by atoms with Crippen LogP contribution in [0.4, 0.5) is 11.4 Å². The van der Waals surface area contributed by atoms with Gasteiger partial charge in [-0.25, -0.2) is 4.99 Å². The number of nitro benzene ring substituents is 1. The molecule has 1 aromatic rings. The maximum Gasteiger partial charge on any atom is 0.272 e. The lowest BCUT2D eigenvalue weighted by atomic mass is 10.2. The fraction of sp³-hybridized carbons (Fsp3) is 0.100. The molecule has 0 radical (unpaired) electrons. The van der Waals surface area contributed by atoms with Crippen LogP contribution in [0.5, 0.6) is 0 Å². The molecule has 0 spiro atoms. The van der Waals surface area contributed by atoms with E-state index in [2.05, 4.69) is 10.3 Å². The number of rotatable bonds is 2. The summed E-state index contributed by atoms with van der Waals surface area (Å²) in [5, 5.41) is 30.7. The number of aliphatic imine (C=N–C) groups is 1. The minimum atomic E-state index is -0.650. The van der Waals surface area contributed by atoms with Gasteiger partial charge in [0.1, 0.15) is 11.8 Å². The molecular formula is C10H6ClN5O2S. The first-order chi connectivity index (χ1) is 9.03. The molecule has 0 fully saturated rings. The van der Waals surface area contributed by atoms with Gasteiger partial charge in [-0.1, -0.05) is 23.4 Å². The van der Waals surface area contributed by atoms with Crippen LogP contribution in [0.3, 0.4) is 0 Å². The summed E-state index contributed by atoms with van der Waals surface area (Å²) in [5.41, 5.74) is -0.244. The molecule has 0 heterocycles. The van der Waals surface area contributed by atoms with Gasteiger partial charge in [0.05, 0.1) is 15.5 Å². The van der Waals surface area contributed by atoms with E-state index in [1.807, 2.05) is 0 Å². The molecule has 1 aromatic carbocycles. The van der Waals surface area contributed by atoms with Crippen LogP contribution >= 0.6 is 23.4 Å². The third-order valence-corrected chi connectivity index (χ3v) is 2.82. The Kier molecular flexibility index (Phi) is 5.12. The molecule has 0 saturated carbocycles. The minimum Gasteiger partial charge on any atom is -0.271 e. The first kappa shape index (κ1) is 14.8. The van der Waals surface area contributed by atoms with Crippen molar-refractivity contribution in [2.75, 3.05) is 6.26 Å². The van der Waals surface area contributed by atoms with Gasteiger partial charge >= 0.3 is 0 Å². The van der Waals surface area contributed by atoms with Crippen molar-refractivity contribution < 1.29 is 4.92 Å². The molecule has 0 aliphatic rings. The van der Waals surface area contributed by atoms with Crippen molar-refractivity contribution in [3.05, 3.63) is 32.8 Å². The van der Waals surface area contributed by atoms with Gasteiger partial charge in [-0.3, -0.25) is 15.4 Å². The number of nitro groups is 1. The quantitative estimate of drug-likeness (QED) is 0.224. The average molecular weight is 296 g/mol. The number of non-ortho nitro benzene ring substituents is 1. The summed E-state index contributed by atoms with van der Waals surface area (Å²) in [6.45, 7) is 0. The smallest absolute Gasteiger partial charge is 0.271 e. The summed E-state index contributed by atoms with van der Waals surface area (Å²) in [6.07, 6.45) is 3.36.